The van der Waals surface area contributed by atoms with Crippen LogP contribution in [0.1, 0.15) is 27.5 Å². The molecular weight excluding hydrogens is 314 g/mol. The van der Waals surface area contributed by atoms with Crippen molar-refractivity contribution in [3.8, 4) is 5.75 Å². The molecule has 3 rings (SSSR count). The number of hydrogen-bond donors (Lipinski definition) is 1. The Bertz CT molecular complexity index is 766. The maximum Gasteiger partial charge on any atom is 0.251 e. The number of amides is 1. The van der Waals surface area contributed by atoms with Crippen molar-refractivity contribution in [2.75, 3.05) is 0 Å². The van der Waals surface area contributed by atoms with E-state index in [0.29, 0.717) is 30.2 Å². The quantitative estimate of drug-likeness (QED) is 0.752. The average molecular weight is 329 g/mol. The molecule has 0 fully saturated rings. The lowest BCUT2D eigenvalue weighted by atomic mass is 10.2. The minimum atomic E-state index is -0.160. The third kappa shape index (κ3) is 3.95. The molecule has 1 amide bonds. The summed E-state index contributed by atoms with van der Waals surface area (Å²) in [4.78, 5) is 12.0. The van der Waals surface area contributed by atoms with E-state index in [-0.39, 0.29) is 5.91 Å². The molecule has 0 unspecified atom stereocenters. The van der Waals surface area contributed by atoms with Crippen molar-refractivity contribution >= 4 is 17.6 Å². The van der Waals surface area contributed by atoms with Crippen LogP contribution < -0.4 is 10.1 Å². The highest BCUT2D eigenvalue weighted by molar-refractivity contribution is 6.99. The molecule has 7 heteroatoms. The Morgan fingerprint density at radius 2 is 2.09 bits per heavy atom. The Labute approximate surface area is 137 Å². The zero-order chi connectivity index (χ0) is 16.1. The van der Waals surface area contributed by atoms with E-state index in [2.05, 4.69) is 14.1 Å². The van der Waals surface area contributed by atoms with E-state index < -0.39 is 0 Å². The van der Waals surface area contributed by atoms with Crippen molar-refractivity contribution in [2.24, 2.45) is 0 Å². The van der Waals surface area contributed by atoms with E-state index in [1.165, 1.54) is 11.7 Å². The molecule has 0 radical (unpaired) electrons. The number of benzene rings is 1. The number of nitrogens with zero attached hydrogens (tertiary/aromatic N) is 2. The van der Waals surface area contributed by atoms with Crippen LogP contribution in [0.4, 0.5) is 0 Å². The van der Waals surface area contributed by atoms with Crippen LogP contribution in [0.5, 0.6) is 5.75 Å². The molecule has 0 aliphatic heterocycles. The van der Waals surface area contributed by atoms with Gasteiger partial charge in [-0.2, -0.15) is 8.75 Å². The molecule has 0 spiro atoms. The first-order valence-corrected chi connectivity index (χ1v) is 7.77. The monoisotopic (exact) mass is 329 g/mol. The van der Waals surface area contributed by atoms with Gasteiger partial charge in [0.05, 0.1) is 30.2 Å². The second-order valence-electron chi connectivity index (χ2n) is 4.87. The van der Waals surface area contributed by atoms with Crippen molar-refractivity contribution in [1.82, 2.24) is 14.1 Å². The Balaban J connectivity index is 1.54. The summed E-state index contributed by atoms with van der Waals surface area (Å²) < 4.78 is 19.1. The summed E-state index contributed by atoms with van der Waals surface area (Å²) in [5.41, 5.74) is 2.27. The van der Waals surface area contributed by atoms with Crippen LogP contribution in [0, 0.1) is 6.92 Å². The zero-order valence-corrected chi connectivity index (χ0v) is 13.3. The maximum atomic E-state index is 12.0. The van der Waals surface area contributed by atoms with Gasteiger partial charge in [0.15, 0.2) is 0 Å². The highest BCUT2D eigenvalue weighted by Crippen LogP contribution is 2.15. The summed E-state index contributed by atoms with van der Waals surface area (Å²) in [7, 11) is 0. The Morgan fingerprint density at radius 1 is 1.26 bits per heavy atom. The molecule has 6 nitrogen and oxygen atoms in total. The van der Waals surface area contributed by atoms with Gasteiger partial charge < -0.3 is 14.5 Å². The van der Waals surface area contributed by atoms with Gasteiger partial charge in [-0.25, -0.2) is 0 Å². The number of aryl methyl sites for hydroxylation is 1. The molecule has 0 aliphatic carbocycles. The van der Waals surface area contributed by atoms with Crippen LogP contribution in [0.3, 0.4) is 0 Å². The van der Waals surface area contributed by atoms with Crippen LogP contribution >= 0.6 is 11.7 Å². The van der Waals surface area contributed by atoms with Crippen molar-refractivity contribution in [3.63, 3.8) is 0 Å². The number of carbonyl (C=O) groups excluding carboxylic acids is 1. The molecule has 3 aromatic rings. The molecule has 23 heavy (non-hydrogen) atoms. The van der Waals surface area contributed by atoms with Gasteiger partial charge in [-0.1, -0.05) is 0 Å². The predicted octanol–water partition coefficient (Wildman–Crippen LogP) is 2.95. The number of nitrogens with one attached hydrogen (secondary N) is 1. The lowest BCUT2D eigenvalue weighted by molar-refractivity contribution is 0.0948. The van der Waals surface area contributed by atoms with E-state index >= 15 is 0 Å². The average Bonchev–Trinajstić information content (AvgIpc) is 3.23. The van der Waals surface area contributed by atoms with Crippen LogP contribution in [0.2, 0.25) is 0 Å². The fourth-order valence-electron chi connectivity index (χ4n) is 1.92. The largest absolute Gasteiger partial charge is 0.487 e. The van der Waals surface area contributed by atoms with Gasteiger partial charge in [0.2, 0.25) is 0 Å². The molecule has 0 aliphatic rings. The standard InChI is InChI=1S/C16H15N3O3S/c1-11-15(19-23-18-11)10-22-13-6-4-12(5-7-13)16(20)17-9-14-3-2-8-21-14/h2-8H,9-10H2,1H3,(H,17,20). The fraction of sp³-hybridized carbons (Fsp3) is 0.188. The van der Waals surface area contributed by atoms with Crippen LogP contribution in [0.15, 0.2) is 47.1 Å². The number of furan rings is 1. The molecule has 1 aromatic carbocycles. The lowest BCUT2D eigenvalue weighted by Crippen LogP contribution is -2.22. The Kier molecular flexibility index (Phi) is 4.68. The fourth-order valence-corrected chi connectivity index (χ4v) is 2.47. The third-order valence-electron chi connectivity index (χ3n) is 3.24. The second-order valence-corrected chi connectivity index (χ2v) is 5.40. The smallest absolute Gasteiger partial charge is 0.251 e. The number of ether oxygens (including phenoxy) is 1. The van der Waals surface area contributed by atoms with Gasteiger partial charge in [-0.3, -0.25) is 4.79 Å². The van der Waals surface area contributed by atoms with Crippen LogP contribution in [-0.4, -0.2) is 14.7 Å². The van der Waals surface area contributed by atoms with Crippen molar-refractivity contribution in [1.29, 1.82) is 0 Å². The highest BCUT2D eigenvalue weighted by Gasteiger charge is 2.08. The topological polar surface area (TPSA) is 77.2 Å². The van der Waals surface area contributed by atoms with Crippen molar-refractivity contribution in [2.45, 2.75) is 20.1 Å². The Hall–Kier alpha value is -2.67. The van der Waals surface area contributed by atoms with Crippen LogP contribution in [-0.2, 0) is 13.2 Å². The van der Waals surface area contributed by atoms with E-state index in [1.54, 1.807) is 36.6 Å². The van der Waals surface area contributed by atoms with E-state index in [0.717, 1.165) is 11.4 Å². The summed E-state index contributed by atoms with van der Waals surface area (Å²) in [6.07, 6.45) is 1.58. The normalized spacial score (nSPS) is 10.5. The number of rotatable bonds is 6. The number of carbonyl (C=O) groups is 1. The van der Waals surface area contributed by atoms with Gasteiger partial charge >= 0.3 is 0 Å². The molecule has 2 heterocycles. The number of aromatic nitrogens is 2. The van der Waals surface area contributed by atoms with E-state index in [9.17, 15) is 4.79 Å². The zero-order valence-electron chi connectivity index (χ0n) is 12.5. The van der Waals surface area contributed by atoms with Crippen molar-refractivity contribution in [3.05, 3.63) is 65.4 Å². The Morgan fingerprint density at radius 3 is 2.74 bits per heavy atom. The van der Waals surface area contributed by atoms with Crippen LogP contribution in [0.25, 0.3) is 0 Å². The van der Waals surface area contributed by atoms with E-state index in [4.69, 9.17) is 9.15 Å². The molecular formula is C16H15N3O3S. The minimum absolute atomic E-state index is 0.160. The van der Waals surface area contributed by atoms with Gasteiger partial charge in [0.25, 0.3) is 5.91 Å². The molecule has 0 atom stereocenters. The predicted molar refractivity (Wildman–Crippen MR) is 85.3 cm³/mol. The number of hydrogen-bond acceptors (Lipinski definition) is 6. The molecule has 2 aromatic heterocycles. The summed E-state index contributed by atoms with van der Waals surface area (Å²) in [5.74, 6) is 1.23. The molecule has 0 saturated carbocycles. The summed E-state index contributed by atoms with van der Waals surface area (Å²) in [6, 6.07) is 10.6. The minimum Gasteiger partial charge on any atom is -0.487 e. The SMILES string of the molecule is Cc1nsnc1COc1ccc(C(=O)NCc2ccco2)cc1. The first-order valence-electron chi connectivity index (χ1n) is 7.04. The third-order valence-corrected chi connectivity index (χ3v) is 3.90. The maximum absolute atomic E-state index is 12.0. The lowest BCUT2D eigenvalue weighted by Gasteiger charge is -2.06. The second kappa shape index (κ2) is 7.06. The first kappa shape index (κ1) is 15.2. The first-order chi connectivity index (χ1) is 11.2. The molecule has 0 saturated heterocycles. The molecule has 0 bridgehead atoms. The summed E-state index contributed by atoms with van der Waals surface area (Å²) in [6.45, 7) is 2.63. The van der Waals surface area contributed by atoms with Gasteiger partial charge in [0.1, 0.15) is 23.8 Å². The molecule has 118 valence electrons. The summed E-state index contributed by atoms with van der Waals surface area (Å²) in [5, 5.41) is 2.79. The van der Waals surface area contributed by atoms with Gasteiger partial charge in [-0.05, 0) is 43.3 Å². The summed E-state index contributed by atoms with van der Waals surface area (Å²) >= 11 is 1.17. The van der Waals surface area contributed by atoms with E-state index in [1.807, 2.05) is 13.0 Å². The van der Waals surface area contributed by atoms with Gasteiger partial charge in [0, 0.05) is 5.56 Å². The van der Waals surface area contributed by atoms with Crippen molar-refractivity contribution < 1.29 is 13.9 Å². The highest BCUT2D eigenvalue weighted by atomic mass is 32.1. The van der Waals surface area contributed by atoms with Gasteiger partial charge in [-0.15, -0.1) is 0 Å². The molecule has 1 N–H and O–H groups in total.